The van der Waals surface area contributed by atoms with Crippen molar-refractivity contribution in [2.75, 3.05) is 33.9 Å². The van der Waals surface area contributed by atoms with Crippen LogP contribution in [0.25, 0.3) is 0 Å². The van der Waals surface area contributed by atoms with Gasteiger partial charge in [0.1, 0.15) is 5.01 Å². The van der Waals surface area contributed by atoms with Gasteiger partial charge >= 0.3 is 0 Å². The number of aromatic nitrogens is 1. The van der Waals surface area contributed by atoms with Gasteiger partial charge in [-0.05, 0) is 12.8 Å². The third kappa shape index (κ3) is 4.98. The standard InChI is InChI=1S/C17H27N3O4S/c1-19(2)17(22)7-13-3-4-14-15(24-13)11-23-10-12(21)8-20(14)9-16-18-5-6-25-16/h5-6,12-15,21H,3-4,7-11H2,1-2H3/t12-,13+,14+,15-/m0/s1. The third-order valence-electron chi connectivity index (χ3n) is 4.81. The Hall–Kier alpha value is -1.06. The summed E-state index contributed by atoms with van der Waals surface area (Å²) in [6.07, 6.45) is 3.33. The Labute approximate surface area is 152 Å². The van der Waals surface area contributed by atoms with Crippen LogP contribution in [0.4, 0.5) is 0 Å². The lowest BCUT2D eigenvalue weighted by Crippen LogP contribution is -2.55. The van der Waals surface area contributed by atoms with Gasteiger partial charge in [-0.2, -0.15) is 0 Å². The summed E-state index contributed by atoms with van der Waals surface area (Å²) in [4.78, 5) is 20.2. The first-order chi connectivity index (χ1) is 12.0. The molecule has 0 radical (unpaired) electrons. The molecule has 1 amide bonds. The largest absolute Gasteiger partial charge is 0.389 e. The van der Waals surface area contributed by atoms with Crippen molar-refractivity contribution in [1.82, 2.24) is 14.8 Å². The Morgan fingerprint density at radius 2 is 2.28 bits per heavy atom. The molecule has 140 valence electrons. The van der Waals surface area contributed by atoms with Gasteiger partial charge < -0.3 is 19.5 Å². The average Bonchev–Trinajstić information content (AvgIpc) is 3.06. The lowest BCUT2D eigenvalue weighted by atomic mass is 9.94. The van der Waals surface area contributed by atoms with Crippen molar-refractivity contribution in [1.29, 1.82) is 0 Å². The van der Waals surface area contributed by atoms with E-state index in [1.54, 1.807) is 36.5 Å². The van der Waals surface area contributed by atoms with Crippen molar-refractivity contribution in [2.45, 2.75) is 50.2 Å². The van der Waals surface area contributed by atoms with Crippen molar-refractivity contribution in [2.24, 2.45) is 0 Å². The topological polar surface area (TPSA) is 75.1 Å². The van der Waals surface area contributed by atoms with Crippen LogP contribution in [-0.2, 0) is 20.8 Å². The number of rotatable bonds is 4. The molecule has 0 saturated carbocycles. The van der Waals surface area contributed by atoms with Crippen LogP contribution in [-0.4, -0.2) is 84.0 Å². The number of fused-ring (bicyclic) bond motifs is 1. The molecule has 2 aliphatic rings. The summed E-state index contributed by atoms with van der Waals surface area (Å²) < 4.78 is 11.8. The lowest BCUT2D eigenvalue weighted by molar-refractivity contribution is -0.160. The highest BCUT2D eigenvalue weighted by molar-refractivity contribution is 7.09. The van der Waals surface area contributed by atoms with E-state index < -0.39 is 6.10 Å². The number of hydrogen-bond donors (Lipinski definition) is 1. The predicted octanol–water partition coefficient (Wildman–Crippen LogP) is 0.731. The summed E-state index contributed by atoms with van der Waals surface area (Å²) >= 11 is 1.62. The van der Waals surface area contributed by atoms with Crippen molar-refractivity contribution in [3.05, 3.63) is 16.6 Å². The fourth-order valence-electron chi connectivity index (χ4n) is 3.51. The molecule has 2 aliphatic heterocycles. The first-order valence-electron chi connectivity index (χ1n) is 8.76. The first-order valence-corrected chi connectivity index (χ1v) is 9.64. The van der Waals surface area contributed by atoms with Gasteiger partial charge in [0.15, 0.2) is 0 Å². The van der Waals surface area contributed by atoms with Crippen LogP contribution in [0.1, 0.15) is 24.3 Å². The second-order valence-corrected chi connectivity index (χ2v) is 7.96. The maximum Gasteiger partial charge on any atom is 0.224 e. The lowest BCUT2D eigenvalue weighted by Gasteiger charge is -2.44. The minimum absolute atomic E-state index is 0.0641. The summed E-state index contributed by atoms with van der Waals surface area (Å²) in [6, 6.07) is 0.171. The second-order valence-electron chi connectivity index (χ2n) is 6.98. The Bertz CT molecular complexity index is 554. The summed E-state index contributed by atoms with van der Waals surface area (Å²) in [5, 5.41) is 13.2. The number of amides is 1. The van der Waals surface area contributed by atoms with Crippen LogP contribution >= 0.6 is 11.3 Å². The SMILES string of the molecule is CN(C)C(=O)C[C@H]1CC[C@@H]2[C@H](COC[C@@H](O)CN2Cc2nccs2)O1. The third-order valence-corrected chi connectivity index (χ3v) is 5.57. The Morgan fingerprint density at radius 1 is 1.44 bits per heavy atom. The Kier molecular flexibility index (Phi) is 6.40. The van der Waals surface area contributed by atoms with E-state index in [0.717, 1.165) is 17.8 Å². The monoisotopic (exact) mass is 369 g/mol. The summed E-state index contributed by atoms with van der Waals surface area (Å²) in [5.41, 5.74) is 0. The number of β-amino-alcohol motifs (C(OH)–C–C–N with tert-alkyl or cyclic N) is 1. The quantitative estimate of drug-likeness (QED) is 0.843. The molecule has 1 aromatic heterocycles. The maximum absolute atomic E-state index is 12.0. The van der Waals surface area contributed by atoms with E-state index in [1.807, 2.05) is 5.38 Å². The molecular formula is C17H27N3O4S. The van der Waals surface area contributed by atoms with E-state index in [-0.39, 0.29) is 24.2 Å². The van der Waals surface area contributed by atoms with Crippen molar-refractivity contribution >= 4 is 17.2 Å². The highest BCUT2D eigenvalue weighted by Crippen LogP contribution is 2.29. The number of ether oxygens (including phenoxy) is 2. The van der Waals surface area contributed by atoms with Gasteiger partial charge in [0, 0.05) is 38.3 Å². The zero-order valence-electron chi connectivity index (χ0n) is 14.8. The van der Waals surface area contributed by atoms with E-state index in [0.29, 0.717) is 32.7 Å². The molecule has 7 nitrogen and oxygen atoms in total. The number of thiazole rings is 1. The zero-order valence-corrected chi connectivity index (χ0v) is 15.7. The molecule has 2 saturated heterocycles. The molecule has 3 rings (SSSR count). The molecule has 1 N–H and O–H groups in total. The molecule has 0 aromatic carbocycles. The molecule has 0 bridgehead atoms. The number of aliphatic hydroxyl groups excluding tert-OH is 1. The van der Waals surface area contributed by atoms with E-state index in [2.05, 4.69) is 9.88 Å². The predicted molar refractivity (Wildman–Crippen MR) is 94.3 cm³/mol. The summed E-state index contributed by atoms with van der Waals surface area (Å²) in [7, 11) is 3.54. The normalized spacial score (nSPS) is 31.0. The van der Waals surface area contributed by atoms with Crippen LogP contribution in [0.3, 0.4) is 0 Å². The van der Waals surface area contributed by atoms with E-state index in [1.165, 1.54) is 0 Å². The fourth-order valence-corrected chi connectivity index (χ4v) is 4.15. The number of hydrogen-bond acceptors (Lipinski definition) is 7. The van der Waals surface area contributed by atoms with Crippen molar-refractivity contribution < 1.29 is 19.4 Å². The van der Waals surface area contributed by atoms with E-state index >= 15 is 0 Å². The molecule has 8 heteroatoms. The van der Waals surface area contributed by atoms with Gasteiger partial charge in [0.25, 0.3) is 0 Å². The van der Waals surface area contributed by atoms with Gasteiger partial charge in [-0.3, -0.25) is 9.69 Å². The molecule has 0 unspecified atom stereocenters. The number of aliphatic hydroxyl groups is 1. The Balaban J connectivity index is 1.67. The zero-order chi connectivity index (χ0) is 17.8. The molecular weight excluding hydrogens is 342 g/mol. The van der Waals surface area contributed by atoms with E-state index in [9.17, 15) is 9.90 Å². The van der Waals surface area contributed by atoms with Crippen LogP contribution in [0.2, 0.25) is 0 Å². The molecule has 3 heterocycles. The van der Waals surface area contributed by atoms with Gasteiger partial charge in [0.2, 0.25) is 5.91 Å². The Morgan fingerprint density at radius 3 is 3.00 bits per heavy atom. The minimum atomic E-state index is -0.506. The maximum atomic E-state index is 12.0. The second kappa shape index (κ2) is 8.55. The van der Waals surface area contributed by atoms with Crippen LogP contribution < -0.4 is 0 Å². The van der Waals surface area contributed by atoms with Gasteiger partial charge in [0.05, 0.1) is 44.5 Å². The highest BCUT2D eigenvalue weighted by atomic mass is 32.1. The van der Waals surface area contributed by atoms with Crippen LogP contribution in [0.15, 0.2) is 11.6 Å². The summed E-state index contributed by atoms with van der Waals surface area (Å²) in [5.74, 6) is 0.0882. The smallest absolute Gasteiger partial charge is 0.224 e. The average molecular weight is 369 g/mol. The van der Waals surface area contributed by atoms with Gasteiger partial charge in [-0.1, -0.05) is 0 Å². The molecule has 0 spiro atoms. The van der Waals surface area contributed by atoms with Gasteiger partial charge in [-0.25, -0.2) is 4.98 Å². The van der Waals surface area contributed by atoms with Gasteiger partial charge in [-0.15, -0.1) is 11.3 Å². The number of carbonyl (C=O) groups is 1. The minimum Gasteiger partial charge on any atom is -0.389 e. The highest BCUT2D eigenvalue weighted by Gasteiger charge is 2.38. The van der Waals surface area contributed by atoms with Crippen LogP contribution in [0, 0.1) is 0 Å². The van der Waals surface area contributed by atoms with Crippen molar-refractivity contribution in [3.8, 4) is 0 Å². The first kappa shape index (κ1) is 18.7. The van der Waals surface area contributed by atoms with Crippen molar-refractivity contribution in [3.63, 3.8) is 0 Å². The van der Waals surface area contributed by atoms with Crippen LogP contribution in [0.5, 0.6) is 0 Å². The molecule has 0 aliphatic carbocycles. The van der Waals surface area contributed by atoms with E-state index in [4.69, 9.17) is 9.47 Å². The summed E-state index contributed by atoms with van der Waals surface area (Å²) in [6.45, 7) is 2.01. The molecule has 2 fully saturated rings. The molecule has 1 aromatic rings. The molecule has 25 heavy (non-hydrogen) atoms. The number of carbonyl (C=O) groups excluding carboxylic acids is 1. The number of nitrogens with zero attached hydrogens (tertiary/aromatic N) is 3. The fraction of sp³-hybridized carbons (Fsp3) is 0.765. The molecule has 4 atom stereocenters.